The fraction of sp³-hybridized carbons (Fsp3) is 0. The van der Waals surface area contributed by atoms with Gasteiger partial charge in [-0.15, -0.1) is 0 Å². The Bertz CT molecular complexity index is 859. The van der Waals surface area contributed by atoms with Crippen LogP contribution in [0.15, 0.2) is 47.4 Å². The molecule has 0 amide bonds. The molecule has 0 aliphatic rings. The van der Waals surface area contributed by atoms with Gasteiger partial charge in [0.25, 0.3) is 10.1 Å². The average Bonchev–Trinajstić information content (AvgIpc) is 2.34. The second kappa shape index (κ2) is 3.72. The van der Waals surface area contributed by atoms with E-state index in [1.54, 1.807) is 24.3 Å². The molecule has 1 aromatic heterocycles. The van der Waals surface area contributed by atoms with E-state index in [0.29, 0.717) is 16.6 Å². The maximum atomic E-state index is 11.3. The zero-order chi connectivity index (χ0) is 12.8. The molecule has 1 heterocycles. The Labute approximate surface area is 103 Å². The van der Waals surface area contributed by atoms with E-state index in [2.05, 4.69) is 9.97 Å². The van der Waals surface area contributed by atoms with Crippen LogP contribution < -0.4 is 0 Å². The number of hydrogen-bond donors (Lipinski definition) is 1. The summed E-state index contributed by atoms with van der Waals surface area (Å²) in [6.45, 7) is 0. The first-order valence-electron chi connectivity index (χ1n) is 5.19. The quantitative estimate of drug-likeness (QED) is 0.535. The third-order valence-corrected chi connectivity index (χ3v) is 3.50. The summed E-state index contributed by atoms with van der Waals surface area (Å²) >= 11 is 0. The zero-order valence-electron chi connectivity index (χ0n) is 9.11. The zero-order valence-corrected chi connectivity index (χ0v) is 9.92. The van der Waals surface area contributed by atoms with Gasteiger partial charge in [0.15, 0.2) is 0 Å². The van der Waals surface area contributed by atoms with E-state index < -0.39 is 10.1 Å². The molecule has 0 saturated heterocycles. The Morgan fingerprint density at radius 1 is 0.833 bits per heavy atom. The van der Waals surface area contributed by atoms with Gasteiger partial charge in [-0.1, -0.05) is 18.2 Å². The molecule has 0 radical (unpaired) electrons. The van der Waals surface area contributed by atoms with Crippen molar-refractivity contribution in [3.8, 4) is 0 Å². The lowest BCUT2D eigenvalue weighted by molar-refractivity contribution is 0.484. The molecule has 18 heavy (non-hydrogen) atoms. The minimum absolute atomic E-state index is 0.179. The van der Waals surface area contributed by atoms with E-state index in [4.69, 9.17) is 4.55 Å². The fourth-order valence-electron chi connectivity index (χ4n) is 1.82. The molecule has 0 unspecified atom stereocenters. The highest BCUT2D eigenvalue weighted by atomic mass is 32.2. The van der Waals surface area contributed by atoms with Crippen LogP contribution >= 0.6 is 0 Å². The van der Waals surface area contributed by atoms with E-state index in [1.165, 1.54) is 12.1 Å². The van der Waals surface area contributed by atoms with Crippen molar-refractivity contribution < 1.29 is 13.0 Å². The molecule has 0 aliphatic carbocycles. The number of nitrogens with zero attached hydrogens (tertiary/aromatic N) is 2. The monoisotopic (exact) mass is 260 g/mol. The van der Waals surface area contributed by atoms with Crippen LogP contribution in [0.5, 0.6) is 0 Å². The normalized spacial score (nSPS) is 12.1. The Kier molecular flexibility index (Phi) is 2.29. The van der Waals surface area contributed by atoms with E-state index in [0.717, 1.165) is 0 Å². The van der Waals surface area contributed by atoms with Crippen molar-refractivity contribution in [2.45, 2.75) is 4.90 Å². The minimum Gasteiger partial charge on any atom is -0.282 e. The van der Waals surface area contributed by atoms with Crippen molar-refractivity contribution in [3.05, 3.63) is 42.5 Å². The highest BCUT2D eigenvalue weighted by molar-refractivity contribution is 7.86. The molecule has 3 aromatic rings. The number of para-hydroxylation sites is 3. The van der Waals surface area contributed by atoms with Gasteiger partial charge in [0.1, 0.15) is 10.4 Å². The maximum Gasteiger partial charge on any atom is 0.296 e. The predicted molar refractivity (Wildman–Crippen MR) is 66.9 cm³/mol. The molecule has 90 valence electrons. The summed E-state index contributed by atoms with van der Waals surface area (Å²) < 4.78 is 31.7. The summed E-state index contributed by atoms with van der Waals surface area (Å²) in [5.74, 6) is 0. The summed E-state index contributed by atoms with van der Waals surface area (Å²) in [4.78, 5) is 8.33. The summed E-state index contributed by atoms with van der Waals surface area (Å²) in [6, 6.07) is 11.6. The first-order valence-corrected chi connectivity index (χ1v) is 6.63. The highest BCUT2D eigenvalue weighted by Gasteiger charge is 2.15. The van der Waals surface area contributed by atoms with Gasteiger partial charge in [0, 0.05) is 0 Å². The molecule has 6 heteroatoms. The van der Waals surface area contributed by atoms with E-state index in [1.807, 2.05) is 6.07 Å². The van der Waals surface area contributed by atoms with Gasteiger partial charge in [-0.05, 0) is 24.3 Å². The van der Waals surface area contributed by atoms with E-state index in [9.17, 15) is 8.42 Å². The van der Waals surface area contributed by atoms with Crippen molar-refractivity contribution >= 4 is 32.2 Å². The van der Waals surface area contributed by atoms with Gasteiger partial charge >= 0.3 is 0 Å². The van der Waals surface area contributed by atoms with Gasteiger partial charge in [0.05, 0.1) is 16.6 Å². The van der Waals surface area contributed by atoms with Crippen molar-refractivity contribution in [2.24, 2.45) is 0 Å². The number of hydrogen-bond acceptors (Lipinski definition) is 4. The van der Waals surface area contributed by atoms with E-state index in [-0.39, 0.29) is 10.4 Å². The molecule has 5 nitrogen and oxygen atoms in total. The molecule has 0 atom stereocenters. The molecule has 0 aliphatic heterocycles. The minimum atomic E-state index is -4.30. The molecule has 2 aromatic carbocycles. The van der Waals surface area contributed by atoms with Crippen LogP contribution in [0.4, 0.5) is 0 Å². The van der Waals surface area contributed by atoms with Crippen LogP contribution in [0.2, 0.25) is 0 Å². The van der Waals surface area contributed by atoms with Crippen LogP contribution in [-0.4, -0.2) is 22.9 Å². The lowest BCUT2D eigenvalue weighted by Gasteiger charge is -2.04. The van der Waals surface area contributed by atoms with Gasteiger partial charge < -0.3 is 0 Å². The number of benzene rings is 2. The first kappa shape index (κ1) is 11.1. The van der Waals surface area contributed by atoms with Crippen LogP contribution in [0.25, 0.3) is 22.1 Å². The molecule has 1 N–H and O–H groups in total. The topological polar surface area (TPSA) is 80.2 Å². The van der Waals surface area contributed by atoms with Gasteiger partial charge in [-0.25, -0.2) is 9.97 Å². The molecular weight excluding hydrogens is 252 g/mol. The predicted octanol–water partition coefficient (Wildman–Crippen LogP) is 2.03. The smallest absolute Gasteiger partial charge is 0.282 e. The third kappa shape index (κ3) is 1.71. The SMILES string of the molecule is O=S(=O)(O)c1cccc2nc3ccccc3nc12. The van der Waals surface area contributed by atoms with Crippen molar-refractivity contribution in [1.82, 2.24) is 9.97 Å². The number of fused-ring (bicyclic) bond motifs is 2. The van der Waals surface area contributed by atoms with Crippen molar-refractivity contribution in [2.75, 3.05) is 0 Å². The molecular formula is C12H8N2O3S. The second-order valence-electron chi connectivity index (χ2n) is 3.81. The average molecular weight is 260 g/mol. The lowest BCUT2D eigenvalue weighted by atomic mass is 10.2. The molecule has 3 rings (SSSR count). The number of rotatable bonds is 1. The fourth-order valence-corrected chi connectivity index (χ4v) is 2.47. The van der Waals surface area contributed by atoms with Crippen molar-refractivity contribution in [1.29, 1.82) is 0 Å². The first-order chi connectivity index (χ1) is 8.55. The van der Waals surface area contributed by atoms with Crippen LogP contribution in [0.1, 0.15) is 0 Å². The summed E-state index contributed by atoms with van der Waals surface area (Å²) in [6.07, 6.45) is 0. The highest BCUT2D eigenvalue weighted by Crippen LogP contribution is 2.22. The van der Waals surface area contributed by atoms with Gasteiger partial charge in [-0.2, -0.15) is 8.42 Å². The number of aromatic nitrogens is 2. The van der Waals surface area contributed by atoms with Crippen LogP contribution in [-0.2, 0) is 10.1 Å². The Balaban J connectivity index is 2.51. The Morgan fingerprint density at radius 3 is 2.11 bits per heavy atom. The summed E-state index contributed by atoms with van der Waals surface area (Å²) in [7, 11) is -4.30. The Morgan fingerprint density at radius 2 is 1.44 bits per heavy atom. The van der Waals surface area contributed by atoms with Crippen LogP contribution in [0.3, 0.4) is 0 Å². The maximum absolute atomic E-state index is 11.3. The van der Waals surface area contributed by atoms with Gasteiger partial charge in [-0.3, -0.25) is 4.55 Å². The molecule has 0 saturated carbocycles. The molecule has 0 bridgehead atoms. The third-order valence-electron chi connectivity index (χ3n) is 2.61. The lowest BCUT2D eigenvalue weighted by Crippen LogP contribution is -2.01. The Hall–Kier alpha value is -2.05. The summed E-state index contributed by atoms with van der Waals surface area (Å²) in [5.41, 5.74) is 1.88. The summed E-state index contributed by atoms with van der Waals surface area (Å²) in [5, 5.41) is 0. The molecule has 0 spiro atoms. The van der Waals surface area contributed by atoms with Gasteiger partial charge in [0.2, 0.25) is 0 Å². The van der Waals surface area contributed by atoms with E-state index >= 15 is 0 Å². The largest absolute Gasteiger partial charge is 0.296 e. The van der Waals surface area contributed by atoms with Crippen LogP contribution in [0, 0.1) is 0 Å². The molecule has 0 fully saturated rings. The standard InChI is InChI=1S/C12H8N2O3S/c15-18(16,17)11-7-3-6-10-12(11)14-9-5-2-1-4-8(9)13-10/h1-7H,(H,15,16,17). The second-order valence-corrected chi connectivity index (χ2v) is 5.20. The van der Waals surface area contributed by atoms with Crippen molar-refractivity contribution in [3.63, 3.8) is 0 Å².